The van der Waals surface area contributed by atoms with Gasteiger partial charge in [0.15, 0.2) is 0 Å². The van der Waals surface area contributed by atoms with Gasteiger partial charge >= 0.3 is 12.0 Å². The number of quaternary nitrogens is 1. The van der Waals surface area contributed by atoms with E-state index in [1.165, 1.54) is 6.07 Å². The Morgan fingerprint density at radius 1 is 1.28 bits per heavy atom. The third kappa shape index (κ3) is 4.79. The maximum absolute atomic E-state index is 13.8. The first kappa shape index (κ1) is 18.9. The molecular weight excluding hydrogens is 325 g/mol. The second kappa shape index (κ2) is 8.62. The van der Waals surface area contributed by atoms with Crippen molar-refractivity contribution >= 4 is 12.0 Å². The van der Waals surface area contributed by atoms with Crippen molar-refractivity contribution in [2.75, 3.05) is 20.2 Å². The molecule has 1 unspecified atom stereocenters. The molecule has 6 nitrogen and oxygen atoms in total. The molecule has 2 atom stereocenters. The highest BCUT2D eigenvalue weighted by Gasteiger charge is 2.32. The second-order valence-corrected chi connectivity index (χ2v) is 6.07. The lowest BCUT2D eigenvalue weighted by atomic mass is 10.00. The molecule has 0 radical (unpaired) electrons. The number of halogens is 1. The van der Waals surface area contributed by atoms with Crippen LogP contribution in [0.5, 0.6) is 0 Å². The summed E-state index contributed by atoms with van der Waals surface area (Å²) in [6.45, 7) is 4.71. The van der Waals surface area contributed by atoms with Crippen LogP contribution in [0.2, 0.25) is 0 Å². The molecule has 0 saturated carbocycles. The van der Waals surface area contributed by atoms with Crippen LogP contribution in [0.25, 0.3) is 0 Å². The number of nitrogens with one attached hydrogen (secondary N) is 3. The summed E-state index contributed by atoms with van der Waals surface area (Å²) >= 11 is 0. The van der Waals surface area contributed by atoms with Crippen molar-refractivity contribution in [2.45, 2.75) is 32.9 Å². The fraction of sp³-hybridized carbons (Fsp3) is 0.444. The highest BCUT2D eigenvalue weighted by molar-refractivity contribution is 5.94. The van der Waals surface area contributed by atoms with Gasteiger partial charge in [0.05, 0.1) is 31.0 Å². The van der Waals surface area contributed by atoms with E-state index >= 15 is 0 Å². The maximum Gasteiger partial charge on any atom is 0.338 e. The summed E-state index contributed by atoms with van der Waals surface area (Å²) in [6.07, 6.45) is 0.581. The van der Waals surface area contributed by atoms with Gasteiger partial charge in [-0.05, 0) is 19.4 Å². The third-order valence-corrected chi connectivity index (χ3v) is 4.08. The second-order valence-electron chi connectivity index (χ2n) is 6.07. The van der Waals surface area contributed by atoms with Crippen molar-refractivity contribution in [3.8, 4) is 0 Å². The Morgan fingerprint density at radius 3 is 2.64 bits per heavy atom. The summed E-state index contributed by atoms with van der Waals surface area (Å²) in [5.41, 5.74) is 1.56. The van der Waals surface area contributed by atoms with Crippen LogP contribution in [-0.2, 0) is 16.1 Å². The Morgan fingerprint density at radius 2 is 2.00 bits per heavy atom. The van der Waals surface area contributed by atoms with E-state index in [1.54, 1.807) is 25.1 Å². The van der Waals surface area contributed by atoms with Gasteiger partial charge in [0.25, 0.3) is 0 Å². The van der Waals surface area contributed by atoms with Crippen LogP contribution in [0.15, 0.2) is 35.5 Å². The summed E-state index contributed by atoms with van der Waals surface area (Å²) in [5.74, 6) is -0.697. The number of rotatable bonds is 7. The minimum Gasteiger partial charge on any atom is -0.463 e. The number of carbonyl (C=O) groups is 2. The first-order chi connectivity index (χ1) is 12.0. The summed E-state index contributed by atoms with van der Waals surface area (Å²) in [6, 6.07) is 5.86. The Kier molecular flexibility index (Phi) is 6.52. The van der Waals surface area contributed by atoms with Crippen LogP contribution in [0, 0.1) is 5.82 Å². The molecule has 1 aliphatic heterocycles. The van der Waals surface area contributed by atoms with Crippen molar-refractivity contribution in [3.05, 3.63) is 46.9 Å². The number of urea groups is 1. The minimum atomic E-state index is -0.435. The largest absolute Gasteiger partial charge is 0.463 e. The highest BCUT2D eigenvalue weighted by atomic mass is 19.1. The van der Waals surface area contributed by atoms with Gasteiger partial charge in [0, 0.05) is 5.56 Å². The van der Waals surface area contributed by atoms with E-state index in [1.807, 2.05) is 14.0 Å². The normalized spacial score (nSPS) is 18.4. The molecule has 0 fully saturated rings. The number of esters is 1. The minimum absolute atomic E-state index is 0.262. The number of amides is 2. The summed E-state index contributed by atoms with van der Waals surface area (Å²) < 4.78 is 19.0. The molecular formula is C18H25FN3O3+. The van der Waals surface area contributed by atoms with E-state index < -0.39 is 5.97 Å². The van der Waals surface area contributed by atoms with Gasteiger partial charge in [-0.1, -0.05) is 25.1 Å². The number of benzene rings is 1. The van der Waals surface area contributed by atoms with E-state index in [0.29, 0.717) is 36.3 Å². The average Bonchev–Trinajstić information content (AvgIpc) is 2.56. The van der Waals surface area contributed by atoms with Crippen molar-refractivity contribution < 1.29 is 23.6 Å². The molecule has 2 amide bonds. The maximum atomic E-state index is 13.8. The Bertz CT molecular complexity index is 675. The van der Waals surface area contributed by atoms with E-state index in [4.69, 9.17) is 4.74 Å². The van der Waals surface area contributed by atoms with Gasteiger partial charge in [0.1, 0.15) is 18.9 Å². The van der Waals surface area contributed by atoms with Crippen molar-refractivity contribution in [1.82, 2.24) is 10.6 Å². The molecule has 25 heavy (non-hydrogen) atoms. The molecule has 7 heteroatoms. The lowest BCUT2D eigenvalue weighted by molar-refractivity contribution is -0.889. The van der Waals surface area contributed by atoms with E-state index in [-0.39, 0.29) is 24.5 Å². The van der Waals surface area contributed by atoms with E-state index in [2.05, 4.69) is 10.6 Å². The smallest absolute Gasteiger partial charge is 0.338 e. The fourth-order valence-corrected chi connectivity index (χ4v) is 2.93. The van der Waals surface area contributed by atoms with Crippen molar-refractivity contribution in [3.63, 3.8) is 0 Å². The lowest BCUT2D eigenvalue weighted by Gasteiger charge is -2.29. The van der Waals surface area contributed by atoms with Crippen LogP contribution in [-0.4, -0.2) is 38.2 Å². The molecule has 1 aromatic carbocycles. The molecule has 1 aliphatic rings. The zero-order valence-corrected chi connectivity index (χ0v) is 14.8. The molecule has 2 rings (SSSR count). The predicted octanol–water partition coefficient (Wildman–Crippen LogP) is 0.749. The van der Waals surface area contributed by atoms with Gasteiger partial charge in [-0.25, -0.2) is 14.0 Å². The Labute approximate surface area is 147 Å². The number of hydrogen-bond acceptors (Lipinski definition) is 3. The SMILES string of the molecule is CCOC(=O)C1=C(C[NH+](C)Cc2ccccc2F)NC(=O)N[C@H]1CC. The zero-order valence-electron chi connectivity index (χ0n) is 14.8. The van der Waals surface area contributed by atoms with Crippen molar-refractivity contribution in [2.24, 2.45) is 0 Å². The number of carbonyl (C=O) groups excluding carboxylic acids is 2. The van der Waals surface area contributed by atoms with Crippen LogP contribution >= 0.6 is 0 Å². The molecule has 1 aromatic rings. The monoisotopic (exact) mass is 350 g/mol. The molecule has 0 spiro atoms. The summed E-state index contributed by atoms with van der Waals surface area (Å²) in [4.78, 5) is 25.2. The number of likely N-dealkylation sites (N-methyl/N-ethyl adjacent to an activating group) is 1. The zero-order chi connectivity index (χ0) is 18.4. The van der Waals surface area contributed by atoms with E-state index in [9.17, 15) is 14.0 Å². The van der Waals surface area contributed by atoms with E-state index in [0.717, 1.165) is 4.90 Å². The molecule has 0 aromatic heterocycles. The molecule has 0 saturated heterocycles. The first-order valence-electron chi connectivity index (χ1n) is 8.48. The molecule has 136 valence electrons. The van der Waals surface area contributed by atoms with Gasteiger partial charge in [0.2, 0.25) is 0 Å². The molecule has 1 heterocycles. The third-order valence-electron chi connectivity index (χ3n) is 4.08. The topological polar surface area (TPSA) is 71.9 Å². The predicted molar refractivity (Wildman–Crippen MR) is 91.3 cm³/mol. The van der Waals surface area contributed by atoms with Gasteiger partial charge in [-0.2, -0.15) is 0 Å². The Hall–Kier alpha value is -2.41. The van der Waals surface area contributed by atoms with Gasteiger partial charge in [-0.3, -0.25) is 0 Å². The van der Waals surface area contributed by atoms with Crippen LogP contribution < -0.4 is 15.5 Å². The molecule has 0 aliphatic carbocycles. The average molecular weight is 350 g/mol. The van der Waals surface area contributed by atoms with Crippen LogP contribution in [0.4, 0.5) is 9.18 Å². The van der Waals surface area contributed by atoms with Crippen LogP contribution in [0.1, 0.15) is 25.8 Å². The number of hydrogen-bond donors (Lipinski definition) is 3. The first-order valence-corrected chi connectivity index (χ1v) is 8.48. The van der Waals surface area contributed by atoms with Gasteiger partial charge < -0.3 is 20.3 Å². The number of ether oxygens (including phenoxy) is 1. The van der Waals surface area contributed by atoms with Crippen LogP contribution in [0.3, 0.4) is 0 Å². The fourth-order valence-electron chi connectivity index (χ4n) is 2.93. The van der Waals surface area contributed by atoms with Gasteiger partial charge in [-0.15, -0.1) is 0 Å². The van der Waals surface area contributed by atoms with Crippen molar-refractivity contribution in [1.29, 1.82) is 0 Å². The Balaban J connectivity index is 2.23. The summed E-state index contributed by atoms with van der Waals surface area (Å²) in [5, 5.41) is 5.46. The highest BCUT2D eigenvalue weighted by Crippen LogP contribution is 2.16. The molecule has 0 bridgehead atoms. The standard InChI is InChI=1S/C18H24FN3O3/c1-4-14-16(17(23)25-5-2)15(21-18(24)20-14)11-22(3)10-12-8-6-7-9-13(12)19/h6-9,14H,4-5,10-11H2,1-3H3,(H2,20,21,24)/p+1/t14-/m0/s1. The molecule has 3 N–H and O–H groups in total. The summed E-state index contributed by atoms with van der Waals surface area (Å²) in [7, 11) is 1.89. The quantitative estimate of drug-likeness (QED) is 0.636. The lowest BCUT2D eigenvalue weighted by Crippen LogP contribution is -3.08.